The number of benzene rings is 3. The number of methoxy groups -OCH3 is 2. The van der Waals surface area contributed by atoms with E-state index in [1.54, 1.807) is 60.7 Å². The summed E-state index contributed by atoms with van der Waals surface area (Å²) < 4.78 is 12.0. The van der Waals surface area contributed by atoms with Crippen molar-refractivity contribution in [3.8, 4) is 17.2 Å². The maximum atomic E-state index is 12.9. The predicted molar refractivity (Wildman–Crippen MR) is 123 cm³/mol. The Bertz CT molecular complexity index is 1290. The van der Waals surface area contributed by atoms with Gasteiger partial charge in [0, 0.05) is 0 Å². The van der Waals surface area contributed by atoms with Crippen LogP contribution in [-0.2, 0) is 0 Å². The van der Waals surface area contributed by atoms with Gasteiger partial charge in [0.25, 0.3) is 17.8 Å². The lowest BCUT2D eigenvalue weighted by molar-refractivity contribution is 0.101. The van der Waals surface area contributed by atoms with Gasteiger partial charge in [-0.25, -0.2) is 0 Å². The van der Waals surface area contributed by atoms with E-state index in [0.717, 1.165) is 0 Å². The minimum atomic E-state index is -0.444. The number of para-hydroxylation sites is 3. The zero-order valence-electron chi connectivity index (χ0n) is 18.0. The predicted octanol–water partition coefficient (Wildman–Crippen LogP) is 3.79. The molecule has 0 aliphatic rings. The van der Waals surface area contributed by atoms with Gasteiger partial charge in [0.05, 0.1) is 31.0 Å². The van der Waals surface area contributed by atoms with Crippen molar-refractivity contribution in [3.05, 3.63) is 90.0 Å². The molecule has 0 saturated carbocycles. The average molecular weight is 443 g/mol. The van der Waals surface area contributed by atoms with Gasteiger partial charge in [0.15, 0.2) is 0 Å². The van der Waals surface area contributed by atoms with Gasteiger partial charge in [-0.05, 0) is 36.4 Å². The van der Waals surface area contributed by atoms with Gasteiger partial charge in [-0.1, -0.05) is 42.5 Å². The minimum Gasteiger partial charge on any atom is -0.496 e. The van der Waals surface area contributed by atoms with Gasteiger partial charge in [-0.2, -0.15) is 9.67 Å². The molecule has 166 valence electrons. The number of rotatable bonds is 7. The maximum Gasteiger partial charge on any atom is 0.261 e. The van der Waals surface area contributed by atoms with Gasteiger partial charge >= 0.3 is 0 Å². The second-order valence-corrected chi connectivity index (χ2v) is 6.82. The van der Waals surface area contributed by atoms with Crippen LogP contribution in [0.5, 0.6) is 11.5 Å². The molecule has 0 fully saturated rings. The number of hydrogen-bond donors (Lipinski definition) is 2. The maximum absolute atomic E-state index is 12.9. The van der Waals surface area contributed by atoms with Crippen LogP contribution in [0.25, 0.3) is 5.69 Å². The summed E-state index contributed by atoms with van der Waals surface area (Å²) in [5.74, 6) is 0.116. The van der Waals surface area contributed by atoms with E-state index in [0.29, 0.717) is 28.3 Å². The van der Waals surface area contributed by atoms with Crippen molar-refractivity contribution < 1.29 is 19.1 Å². The summed E-state index contributed by atoms with van der Waals surface area (Å²) in [5.41, 5.74) is 1.32. The highest BCUT2D eigenvalue weighted by Gasteiger charge is 2.20. The number of nitrogens with zero attached hydrogens (tertiary/aromatic N) is 3. The van der Waals surface area contributed by atoms with E-state index in [1.807, 2.05) is 18.2 Å². The summed E-state index contributed by atoms with van der Waals surface area (Å²) in [4.78, 5) is 30.1. The molecule has 9 nitrogen and oxygen atoms in total. The second-order valence-electron chi connectivity index (χ2n) is 6.82. The number of aromatic nitrogens is 3. The summed E-state index contributed by atoms with van der Waals surface area (Å²) in [7, 11) is 2.98. The number of amides is 2. The lowest BCUT2D eigenvalue weighted by Gasteiger charge is -2.09. The number of hydrogen-bond acceptors (Lipinski definition) is 6. The van der Waals surface area contributed by atoms with Crippen molar-refractivity contribution >= 4 is 23.7 Å². The van der Waals surface area contributed by atoms with E-state index in [-0.39, 0.29) is 11.9 Å². The molecule has 4 aromatic rings. The lowest BCUT2D eigenvalue weighted by atomic mass is 10.2. The molecule has 1 heterocycles. The van der Waals surface area contributed by atoms with Crippen molar-refractivity contribution in [2.24, 2.45) is 0 Å². The van der Waals surface area contributed by atoms with Crippen LogP contribution < -0.4 is 20.1 Å². The molecule has 0 aliphatic carbocycles. The molecule has 2 amide bonds. The van der Waals surface area contributed by atoms with Crippen molar-refractivity contribution in [1.82, 2.24) is 14.8 Å². The van der Waals surface area contributed by atoms with Gasteiger partial charge in [-0.15, -0.1) is 5.10 Å². The Balaban J connectivity index is 1.66. The average Bonchev–Trinajstić information content (AvgIpc) is 3.26. The summed E-state index contributed by atoms with van der Waals surface area (Å²) in [6.45, 7) is 0. The topological polar surface area (TPSA) is 107 Å². The van der Waals surface area contributed by atoms with Gasteiger partial charge in [-0.3, -0.25) is 20.2 Å². The second kappa shape index (κ2) is 9.65. The van der Waals surface area contributed by atoms with E-state index < -0.39 is 11.8 Å². The SMILES string of the molecule is COc1ccccc1C(=O)Nc1nc(NC(=O)c2ccccc2OC)n(-c2ccccc2)n1. The third-order valence-corrected chi connectivity index (χ3v) is 4.76. The molecule has 0 radical (unpaired) electrons. The summed E-state index contributed by atoms with van der Waals surface area (Å²) >= 11 is 0. The lowest BCUT2D eigenvalue weighted by Crippen LogP contribution is -2.16. The number of anilines is 2. The molecule has 0 unspecified atom stereocenters. The first-order valence-electron chi connectivity index (χ1n) is 10.0. The van der Waals surface area contributed by atoms with Crippen molar-refractivity contribution in [3.63, 3.8) is 0 Å². The summed E-state index contributed by atoms with van der Waals surface area (Å²) in [6.07, 6.45) is 0. The van der Waals surface area contributed by atoms with Crippen LogP contribution in [0.3, 0.4) is 0 Å². The molecular formula is C24H21N5O4. The number of ether oxygens (including phenoxy) is 2. The van der Waals surface area contributed by atoms with Crippen LogP contribution in [-0.4, -0.2) is 40.8 Å². The first-order valence-corrected chi connectivity index (χ1v) is 10.0. The van der Waals surface area contributed by atoms with Crippen molar-refractivity contribution in [2.45, 2.75) is 0 Å². The molecule has 0 spiro atoms. The Morgan fingerprint density at radius 2 is 1.24 bits per heavy atom. The highest BCUT2D eigenvalue weighted by Crippen LogP contribution is 2.22. The third kappa shape index (κ3) is 4.67. The first-order chi connectivity index (χ1) is 16.1. The van der Waals surface area contributed by atoms with Crippen molar-refractivity contribution in [2.75, 3.05) is 24.9 Å². The van der Waals surface area contributed by atoms with Gasteiger partial charge in [0.2, 0.25) is 5.95 Å². The highest BCUT2D eigenvalue weighted by molar-refractivity contribution is 6.06. The molecule has 2 N–H and O–H groups in total. The molecule has 9 heteroatoms. The van der Waals surface area contributed by atoms with Crippen LogP contribution in [0.15, 0.2) is 78.9 Å². The minimum absolute atomic E-state index is 0.0186. The molecular weight excluding hydrogens is 422 g/mol. The molecule has 0 saturated heterocycles. The number of carbonyl (C=O) groups excluding carboxylic acids is 2. The number of carbonyl (C=O) groups is 2. The Morgan fingerprint density at radius 3 is 1.82 bits per heavy atom. The Labute approximate surface area is 190 Å². The standard InChI is InChI=1S/C24H21N5O4/c1-32-19-14-8-6-12-17(19)21(30)25-23-27-24(29(28-23)16-10-4-3-5-11-16)26-22(31)18-13-7-9-15-20(18)33-2/h3-15H,1-2H3,(H2,25,26,27,28,30,31). The van der Waals surface area contributed by atoms with Crippen molar-refractivity contribution in [1.29, 1.82) is 0 Å². The molecule has 3 aromatic carbocycles. The molecule has 0 aliphatic heterocycles. The van der Waals surface area contributed by atoms with E-state index in [2.05, 4.69) is 20.7 Å². The monoisotopic (exact) mass is 443 g/mol. The highest BCUT2D eigenvalue weighted by atomic mass is 16.5. The zero-order chi connectivity index (χ0) is 23.2. The van der Waals surface area contributed by atoms with E-state index in [1.165, 1.54) is 18.9 Å². The van der Waals surface area contributed by atoms with Crippen LogP contribution in [0.1, 0.15) is 20.7 Å². The molecule has 4 rings (SSSR count). The van der Waals surface area contributed by atoms with Crippen LogP contribution in [0.4, 0.5) is 11.9 Å². The Kier molecular flexibility index (Phi) is 6.31. The first kappa shape index (κ1) is 21.6. The molecule has 33 heavy (non-hydrogen) atoms. The smallest absolute Gasteiger partial charge is 0.261 e. The molecule has 0 bridgehead atoms. The number of nitrogens with one attached hydrogen (secondary N) is 2. The van der Waals surface area contributed by atoms with Gasteiger partial charge in [0.1, 0.15) is 11.5 Å². The zero-order valence-corrected chi connectivity index (χ0v) is 18.0. The van der Waals surface area contributed by atoms with Crippen LogP contribution in [0, 0.1) is 0 Å². The molecule has 0 atom stereocenters. The fourth-order valence-electron chi connectivity index (χ4n) is 3.20. The molecule has 1 aromatic heterocycles. The quantitative estimate of drug-likeness (QED) is 0.450. The largest absolute Gasteiger partial charge is 0.496 e. The van der Waals surface area contributed by atoms with Gasteiger partial charge < -0.3 is 9.47 Å². The van der Waals surface area contributed by atoms with E-state index in [9.17, 15) is 9.59 Å². The summed E-state index contributed by atoms with van der Waals surface area (Å²) in [6, 6.07) is 22.8. The van der Waals surface area contributed by atoms with Crippen LogP contribution in [0.2, 0.25) is 0 Å². The summed E-state index contributed by atoms with van der Waals surface area (Å²) in [5, 5.41) is 9.79. The van der Waals surface area contributed by atoms with Crippen LogP contribution >= 0.6 is 0 Å². The van der Waals surface area contributed by atoms with E-state index >= 15 is 0 Å². The fraction of sp³-hybridized carbons (Fsp3) is 0.0833. The normalized spacial score (nSPS) is 10.4. The third-order valence-electron chi connectivity index (χ3n) is 4.76. The van der Waals surface area contributed by atoms with E-state index in [4.69, 9.17) is 9.47 Å². The Hall–Kier alpha value is -4.66. The Morgan fingerprint density at radius 1 is 0.727 bits per heavy atom. The fourth-order valence-corrected chi connectivity index (χ4v) is 3.20.